The minimum atomic E-state index is -0.416. The summed E-state index contributed by atoms with van der Waals surface area (Å²) in [6, 6.07) is 1.69. The first kappa shape index (κ1) is 13.6. The summed E-state index contributed by atoms with van der Waals surface area (Å²) < 4.78 is 5.48. The summed E-state index contributed by atoms with van der Waals surface area (Å²) in [4.78, 5) is 3.91. The van der Waals surface area contributed by atoms with Gasteiger partial charge in [-0.1, -0.05) is 30.6 Å². The predicted octanol–water partition coefficient (Wildman–Crippen LogP) is 2.28. The summed E-state index contributed by atoms with van der Waals surface area (Å²) in [6.45, 7) is 4.19. The van der Waals surface area contributed by atoms with E-state index in [0.717, 1.165) is 0 Å². The molecule has 0 aliphatic heterocycles. The molecule has 3 N–H and O–H groups in total. The van der Waals surface area contributed by atoms with Crippen LogP contribution in [0.25, 0.3) is 0 Å². The van der Waals surface area contributed by atoms with Crippen molar-refractivity contribution < 1.29 is 9.94 Å². The van der Waals surface area contributed by atoms with Gasteiger partial charge in [-0.05, 0) is 6.42 Å². The van der Waals surface area contributed by atoms with Gasteiger partial charge in [-0.2, -0.15) is 0 Å². The lowest BCUT2D eigenvalue weighted by Gasteiger charge is -2.22. The second-order valence-corrected chi connectivity index (χ2v) is 4.74. The van der Waals surface area contributed by atoms with E-state index in [4.69, 9.17) is 27.3 Å². The van der Waals surface area contributed by atoms with Crippen LogP contribution in [0.3, 0.4) is 0 Å². The summed E-state index contributed by atoms with van der Waals surface area (Å²) in [5, 5.41) is 12.1. The molecule has 94 valence electrons. The van der Waals surface area contributed by atoms with E-state index in [0.29, 0.717) is 23.8 Å². The van der Waals surface area contributed by atoms with Crippen molar-refractivity contribution in [2.75, 3.05) is 6.61 Å². The monoisotopic (exact) mass is 257 g/mol. The molecule has 0 fully saturated rings. The lowest BCUT2D eigenvalue weighted by atomic mass is 9.88. The van der Waals surface area contributed by atoms with Crippen LogP contribution in [0.2, 0.25) is 5.02 Å². The van der Waals surface area contributed by atoms with Gasteiger partial charge in [-0.15, -0.1) is 0 Å². The van der Waals surface area contributed by atoms with Gasteiger partial charge in [0.05, 0.1) is 17.8 Å². The van der Waals surface area contributed by atoms with Gasteiger partial charge in [0, 0.05) is 17.7 Å². The summed E-state index contributed by atoms with van der Waals surface area (Å²) in [7, 11) is 0. The van der Waals surface area contributed by atoms with Crippen molar-refractivity contribution in [1.82, 2.24) is 4.98 Å². The molecule has 0 saturated carbocycles. The maximum absolute atomic E-state index is 8.62. The maximum Gasteiger partial charge on any atom is 0.144 e. The van der Waals surface area contributed by atoms with Gasteiger partial charge in [-0.25, -0.2) is 0 Å². The molecule has 0 unspecified atom stereocenters. The second kappa shape index (κ2) is 5.72. The lowest BCUT2D eigenvalue weighted by Crippen LogP contribution is -2.33. The van der Waals surface area contributed by atoms with E-state index in [1.54, 1.807) is 12.3 Å². The molecule has 0 amide bonds. The van der Waals surface area contributed by atoms with Gasteiger partial charge in [0.15, 0.2) is 0 Å². The van der Waals surface area contributed by atoms with E-state index in [1.807, 2.05) is 13.8 Å². The number of hydrogen-bond donors (Lipinski definition) is 2. The highest BCUT2D eigenvalue weighted by molar-refractivity contribution is 6.30. The zero-order valence-electron chi connectivity index (χ0n) is 9.85. The van der Waals surface area contributed by atoms with E-state index < -0.39 is 5.41 Å². The highest BCUT2D eigenvalue weighted by Gasteiger charge is 2.23. The maximum atomic E-state index is 8.62. The van der Waals surface area contributed by atoms with E-state index >= 15 is 0 Å². The number of halogens is 1. The first-order chi connectivity index (χ1) is 7.95. The molecular weight excluding hydrogens is 242 g/mol. The minimum Gasteiger partial charge on any atom is -0.492 e. The Hall–Kier alpha value is -1.49. The van der Waals surface area contributed by atoms with E-state index in [2.05, 4.69) is 10.1 Å². The van der Waals surface area contributed by atoms with Gasteiger partial charge < -0.3 is 15.7 Å². The lowest BCUT2D eigenvalue weighted by molar-refractivity contribution is 0.259. The molecule has 1 heterocycles. The number of nitrogens with two attached hydrogens (primary N) is 1. The molecule has 0 bridgehead atoms. The number of ether oxygens (including phenoxy) is 1. The molecule has 0 radical (unpaired) electrons. The normalized spacial score (nSPS) is 12.5. The van der Waals surface area contributed by atoms with Crippen LogP contribution in [0.15, 0.2) is 23.6 Å². The quantitative estimate of drug-likeness (QED) is 0.367. The van der Waals surface area contributed by atoms with Crippen molar-refractivity contribution in [1.29, 1.82) is 0 Å². The Labute approximate surface area is 105 Å². The zero-order valence-corrected chi connectivity index (χ0v) is 10.6. The number of rotatable bonds is 5. The standard InChI is InChI=1S/C11H16ClN3O2/c1-11(2,10(13)15-16)3-4-17-9-5-8(12)6-14-7-9/h5-7,16H,3-4H2,1-2H3,(H2,13,15). The Morgan fingerprint density at radius 2 is 2.29 bits per heavy atom. The van der Waals surface area contributed by atoms with Crippen molar-refractivity contribution in [3.8, 4) is 5.75 Å². The topological polar surface area (TPSA) is 80.7 Å². The fraction of sp³-hybridized carbons (Fsp3) is 0.455. The second-order valence-electron chi connectivity index (χ2n) is 4.31. The molecule has 0 aliphatic carbocycles. The van der Waals surface area contributed by atoms with Gasteiger partial charge in [0.2, 0.25) is 0 Å². The van der Waals surface area contributed by atoms with Crippen molar-refractivity contribution in [2.45, 2.75) is 20.3 Å². The average molecular weight is 258 g/mol. The number of hydrogen-bond acceptors (Lipinski definition) is 4. The summed E-state index contributed by atoms with van der Waals surface area (Å²) >= 11 is 5.77. The van der Waals surface area contributed by atoms with Gasteiger partial charge in [-0.3, -0.25) is 4.98 Å². The molecule has 1 aromatic heterocycles. The Balaban J connectivity index is 2.48. The molecular formula is C11H16ClN3O2. The third kappa shape index (κ3) is 4.11. The van der Waals surface area contributed by atoms with Crippen molar-refractivity contribution in [3.05, 3.63) is 23.5 Å². The van der Waals surface area contributed by atoms with E-state index in [9.17, 15) is 0 Å². The van der Waals surface area contributed by atoms with E-state index in [-0.39, 0.29) is 5.84 Å². The predicted molar refractivity (Wildman–Crippen MR) is 66.5 cm³/mol. The fourth-order valence-corrected chi connectivity index (χ4v) is 1.32. The van der Waals surface area contributed by atoms with Crippen LogP contribution in [0.4, 0.5) is 0 Å². The van der Waals surface area contributed by atoms with Gasteiger partial charge >= 0.3 is 0 Å². The highest BCUT2D eigenvalue weighted by atomic mass is 35.5. The Morgan fingerprint density at radius 1 is 1.59 bits per heavy atom. The zero-order chi connectivity index (χ0) is 12.9. The number of aromatic nitrogens is 1. The SMILES string of the molecule is CC(C)(CCOc1cncc(Cl)c1)C(N)=NO. The average Bonchev–Trinajstić information content (AvgIpc) is 2.27. The number of oxime groups is 1. The molecule has 1 aromatic rings. The van der Waals surface area contributed by atoms with Crippen LogP contribution in [0.1, 0.15) is 20.3 Å². The molecule has 0 spiro atoms. The Kier molecular flexibility index (Phi) is 4.57. The summed E-state index contributed by atoms with van der Waals surface area (Å²) in [5.41, 5.74) is 5.15. The van der Waals surface area contributed by atoms with Crippen molar-refractivity contribution in [2.24, 2.45) is 16.3 Å². The highest BCUT2D eigenvalue weighted by Crippen LogP contribution is 2.22. The summed E-state index contributed by atoms with van der Waals surface area (Å²) in [6.07, 6.45) is 3.74. The third-order valence-corrected chi connectivity index (χ3v) is 2.68. The Morgan fingerprint density at radius 3 is 2.88 bits per heavy atom. The van der Waals surface area contributed by atoms with Crippen molar-refractivity contribution >= 4 is 17.4 Å². The number of pyridine rings is 1. The smallest absolute Gasteiger partial charge is 0.144 e. The van der Waals surface area contributed by atoms with Crippen LogP contribution < -0.4 is 10.5 Å². The fourth-order valence-electron chi connectivity index (χ4n) is 1.16. The molecule has 5 nitrogen and oxygen atoms in total. The molecule has 0 atom stereocenters. The summed E-state index contributed by atoms with van der Waals surface area (Å²) in [5.74, 6) is 0.790. The molecule has 0 aromatic carbocycles. The number of amidine groups is 1. The van der Waals surface area contributed by atoms with Crippen LogP contribution >= 0.6 is 11.6 Å². The first-order valence-electron chi connectivity index (χ1n) is 5.17. The molecule has 17 heavy (non-hydrogen) atoms. The largest absolute Gasteiger partial charge is 0.492 e. The molecule has 6 heteroatoms. The van der Waals surface area contributed by atoms with Crippen LogP contribution in [0, 0.1) is 5.41 Å². The third-order valence-electron chi connectivity index (χ3n) is 2.48. The van der Waals surface area contributed by atoms with E-state index in [1.165, 1.54) is 6.20 Å². The first-order valence-corrected chi connectivity index (χ1v) is 5.55. The van der Waals surface area contributed by atoms with Crippen LogP contribution in [-0.4, -0.2) is 22.6 Å². The molecule has 0 saturated heterocycles. The Bertz CT molecular complexity index is 407. The van der Waals surface area contributed by atoms with Crippen molar-refractivity contribution in [3.63, 3.8) is 0 Å². The molecule has 1 rings (SSSR count). The molecule has 0 aliphatic rings. The van der Waals surface area contributed by atoms with Crippen LogP contribution in [-0.2, 0) is 0 Å². The minimum absolute atomic E-state index is 0.185. The van der Waals surface area contributed by atoms with Crippen LogP contribution in [0.5, 0.6) is 5.75 Å². The number of nitrogens with zero attached hydrogens (tertiary/aromatic N) is 2. The van der Waals surface area contributed by atoms with Gasteiger partial charge in [0.25, 0.3) is 0 Å². The van der Waals surface area contributed by atoms with Gasteiger partial charge in [0.1, 0.15) is 11.6 Å².